The van der Waals surface area contributed by atoms with Crippen molar-refractivity contribution >= 4 is 40.7 Å². The van der Waals surface area contributed by atoms with E-state index in [0.29, 0.717) is 11.3 Å². The molecule has 0 unspecified atom stereocenters. The van der Waals surface area contributed by atoms with Gasteiger partial charge < -0.3 is 10.2 Å². The predicted molar refractivity (Wildman–Crippen MR) is 123 cm³/mol. The predicted octanol–water partition coefficient (Wildman–Crippen LogP) is 4.30. The van der Waals surface area contributed by atoms with Crippen LogP contribution in [0.2, 0.25) is 5.02 Å². The molecule has 5 nitrogen and oxygen atoms in total. The Kier molecular flexibility index (Phi) is 8.55. The Morgan fingerprint density at radius 3 is 2.20 bits per heavy atom. The first kappa shape index (κ1) is 22.6. The number of carbonyl (C=O) groups excluding carboxylic acids is 2. The third-order valence-corrected chi connectivity index (χ3v) is 5.79. The summed E-state index contributed by atoms with van der Waals surface area (Å²) in [4.78, 5) is 28.4. The van der Waals surface area contributed by atoms with Crippen molar-refractivity contribution in [2.75, 3.05) is 43.9 Å². The van der Waals surface area contributed by atoms with Gasteiger partial charge in [0.1, 0.15) is 5.88 Å². The summed E-state index contributed by atoms with van der Waals surface area (Å²) in [5, 5.41) is 3.45. The van der Waals surface area contributed by atoms with E-state index >= 15 is 0 Å². The van der Waals surface area contributed by atoms with Gasteiger partial charge in [0.25, 0.3) is 5.91 Å². The average molecular weight is 448 g/mol. The fraction of sp³-hybridized carbons (Fsp3) is 0.391. The van der Waals surface area contributed by atoms with E-state index in [9.17, 15) is 9.59 Å². The molecule has 1 aliphatic heterocycles. The molecular formula is C23H27Cl2N3O2. The molecule has 1 fully saturated rings. The molecule has 0 bridgehead atoms. The van der Waals surface area contributed by atoms with Crippen LogP contribution in [0, 0.1) is 0 Å². The van der Waals surface area contributed by atoms with Gasteiger partial charge >= 0.3 is 0 Å². The van der Waals surface area contributed by atoms with Crippen LogP contribution in [0.5, 0.6) is 0 Å². The monoisotopic (exact) mass is 447 g/mol. The number of amides is 2. The normalized spacial score (nSPS) is 14.5. The van der Waals surface area contributed by atoms with Crippen LogP contribution in [0.4, 0.5) is 5.69 Å². The lowest BCUT2D eigenvalue weighted by Crippen LogP contribution is -2.48. The third kappa shape index (κ3) is 6.73. The number of aryl methyl sites for hydroxylation is 1. The first-order chi connectivity index (χ1) is 14.5. The summed E-state index contributed by atoms with van der Waals surface area (Å²) < 4.78 is 0. The average Bonchev–Trinajstić information content (AvgIpc) is 2.78. The van der Waals surface area contributed by atoms with Gasteiger partial charge in [-0.05, 0) is 67.8 Å². The maximum Gasteiger partial charge on any atom is 0.253 e. The first-order valence-electron chi connectivity index (χ1n) is 10.3. The van der Waals surface area contributed by atoms with Crippen LogP contribution in [-0.4, -0.2) is 60.2 Å². The van der Waals surface area contributed by atoms with Crippen molar-refractivity contribution in [1.82, 2.24) is 9.80 Å². The van der Waals surface area contributed by atoms with Crippen LogP contribution in [0.3, 0.4) is 0 Å². The summed E-state index contributed by atoms with van der Waals surface area (Å²) in [7, 11) is 0. The van der Waals surface area contributed by atoms with Gasteiger partial charge in [-0.1, -0.05) is 23.7 Å². The van der Waals surface area contributed by atoms with Gasteiger partial charge in [-0.25, -0.2) is 0 Å². The number of benzene rings is 2. The smallest absolute Gasteiger partial charge is 0.253 e. The van der Waals surface area contributed by atoms with Gasteiger partial charge in [0.05, 0.1) is 0 Å². The largest absolute Gasteiger partial charge is 0.336 e. The van der Waals surface area contributed by atoms with Gasteiger partial charge in [0, 0.05) is 42.5 Å². The number of piperazine rings is 1. The van der Waals surface area contributed by atoms with E-state index in [1.165, 1.54) is 5.56 Å². The molecule has 30 heavy (non-hydrogen) atoms. The minimum absolute atomic E-state index is 0.0348. The number of nitrogens with zero attached hydrogens (tertiary/aromatic N) is 2. The highest BCUT2D eigenvalue weighted by atomic mass is 35.5. The number of carbonyl (C=O) groups is 2. The van der Waals surface area contributed by atoms with Gasteiger partial charge in [-0.15, -0.1) is 11.6 Å². The molecule has 1 saturated heterocycles. The van der Waals surface area contributed by atoms with Gasteiger partial charge in [-0.3, -0.25) is 14.5 Å². The van der Waals surface area contributed by atoms with E-state index in [4.69, 9.17) is 23.2 Å². The fourth-order valence-corrected chi connectivity index (χ4v) is 3.76. The minimum Gasteiger partial charge on any atom is -0.336 e. The zero-order valence-corrected chi connectivity index (χ0v) is 18.5. The number of nitrogens with one attached hydrogen (secondary N) is 1. The van der Waals surface area contributed by atoms with Crippen molar-refractivity contribution in [1.29, 1.82) is 0 Å². The van der Waals surface area contributed by atoms with E-state index < -0.39 is 0 Å². The molecule has 1 aliphatic rings. The maximum absolute atomic E-state index is 12.7. The Bertz CT molecular complexity index is 833. The van der Waals surface area contributed by atoms with E-state index in [1.54, 1.807) is 24.3 Å². The van der Waals surface area contributed by atoms with E-state index in [1.807, 2.05) is 17.0 Å². The van der Waals surface area contributed by atoms with Crippen LogP contribution in [0.25, 0.3) is 0 Å². The molecule has 0 aromatic heterocycles. The summed E-state index contributed by atoms with van der Waals surface area (Å²) in [5.74, 6) is -0.320. The van der Waals surface area contributed by atoms with E-state index in [2.05, 4.69) is 22.3 Å². The van der Waals surface area contributed by atoms with Crippen molar-refractivity contribution in [3.63, 3.8) is 0 Å². The Hall–Kier alpha value is -2.08. The van der Waals surface area contributed by atoms with Gasteiger partial charge in [0.2, 0.25) is 5.91 Å². The van der Waals surface area contributed by atoms with Crippen LogP contribution >= 0.6 is 23.2 Å². The van der Waals surface area contributed by atoms with E-state index in [-0.39, 0.29) is 17.7 Å². The van der Waals surface area contributed by atoms with Crippen LogP contribution in [0.15, 0.2) is 48.5 Å². The Balaban J connectivity index is 1.37. The van der Waals surface area contributed by atoms with Crippen molar-refractivity contribution < 1.29 is 9.59 Å². The summed E-state index contributed by atoms with van der Waals surface area (Å²) in [6.45, 7) is 4.33. The van der Waals surface area contributed by atoms with Crippen LogP contribution in [0.1, 0.15) is 28.8 Å². The molecule has 0 atom stereocenters. The highest BCUT2D eigenvalue weighted by Crippen LogP contribution is 2.15. The lowest BCUT2D eigenvalue weighted by Gasteiger charge is -2.34. The Morgan fingerprint density at radius 2 is 1.57 bits per heavy atom. The highest BCUT2D eigenvalue weighted by molar-refractivity contribution is 6.30. The Labute approximate surface area is 187 Å². The SMILES string of the molecule is O=C(CCl)Nc1ccc(C(=O)N2CCN(CCCCc3ccc(Cl)cc3)CC2)cc1. The van der Waals surface area contributed by atoms with Gasteiger partial charge in [-0.2, -0.15) is 0 Å². The molecule has 0 saturated carbocycles. The van der Waals surface area contributed by atoms with Gasteiger partial charge in [0.15, 0.2) is 0 Å². The molecule has 2 amide bonds. The van der Waals surface area contributed by atoms with Crippen LogP contribution in [-0.2, 0) is 11.2 Å². The summed E-state index contributed by atoms with van der Waals surface area (Å²) in [5.41, 5.74) is 2.60. The molecule has 7 heteroatoms. The maximum atomic E-state index is 12.7. The molecule has 1 heterocycles. The number of rotatable bonds is 8. The highest BCUT2D eigenvalue weighted by Gasteiger charge is 2.21. The molecule has 1 N–H and O–H groups in total. The second-order valence-electron chi connectivity index (χ2n) is 7.48. The Morgan fingerprint density at radius 1 is 0.900 bits per heavy atom. The van der Waals surface area contributed by atoms with Crippen LogP contribution < -0.4 is 5.32 Å². The number of alkyl halides is 1. The molecular weight excluding hydrogens is 421 g/mol. The zero-order valence-electron chi connectivity index (χ0n) is 16.9. The molecule has 3 rings (SSSR count). The first-order valence-corrected chi connectivity index (χ1v) is 11.2. The topological polar surface area (TPSA) is 52.7 Å². The standard InChI is InChI=1S/C23H27Cl2N3O2/c24-17-22(29)26-21-10-6-19(7-11-21)23(30)28-15-13-27(14-16-28)12-2-1-3-18-4-8-20(25)9-5-18/h4-11H,1-3,12-17H2,(H,26,29). The number of hydrogen-bond donors (Lipinski definition) is 1. The number of halogens is 2. The number of hydrogen-bond acceptors (Lipinski definition) is 3. The number of anilines is 1. The van der Waals surface area contributed by atoms with Crippen molar-refractivity contribution in [2.24, 2.45) is 0 Å². The molecule has 2 aromatic rings. The molecule has 0 radical (unpaired) electrons. The molecule has 160 valence electrons. The number of unbranched alkanes of at least 4 members (excludes halogenated alkanes) is 1. The second-order valence-corrected chi connectivity index (χ2v) is 8.18. The summed E-state index contributed by atoms with van der Waals surface area (Å²) in [6.07, 6.45) is 3.36. The molecule has 0 aliphatic carbocycles. The second kappa shape index (κ2) is 11.3. The fourth-order valence-electron chi connectivity index (χ4n) is 3.56. The summed E-state index contributed by atoms with van der Waals surface area (Å²) in [6, 6.07) is 15.0. The van der Waals surface area contributed by atoms with Crippen molar-refractivity contribution in [3.8, 4) is 0 Å². The van der Waals surface area contributed by atoms with E-state index in [0.717, 1.165) is 57.0 Å². The quantitative estimate of drug-likeness (QED) is 0.484. The minimum atomic E-state index is -0.264. The summed E-state index contributed by atoms with van der Waals surface area (Å²) >= 11 is 11.4. The van der Waals surface area contributed by atoms with Crippen molar-refractivity contribution in [2.45, 2.75) is 19.3 Å². The molecule has 2 aromatic carbocycles. The third-order valence-electron chi connectivity index (χ3n) is 5.30. The lowest BCUT2D eigenvalue weighted by molar-refractivity contribution is -0.113. The zero-order chi connectivity index (χ0) is 21.3. The lowest BCUT2D eigenvalue weighted by atomic mass is 10.1. The van der Waals surface area contributed by atoms with Crippen molar-refractivity contribution in [3.05, 3.63) is 64.7 Å². The molecule has 0 spiro atoms.